The molecule has 0 spiro atoms. The Balaban J connectivity index is 2.12. The van der Waals surface area contributed by atoms with Crippen molar-refractivity contribution in [3.05, 3.63) is 0 Å². The zero-order chi connectivity index (χ0) is 14.2. The van der Waals surface area contributed by atoms with E-state index in [1.807, 2.05) is 0 Å². The van der Waals surface area contributed by atoms with Crippen LogP contribution in [0.15, 0.2) is 0 Å². The van der Waals surface area contributed by atoms with Crippen LogP contribution in [0.3, 0.4) is 0 Å². The van der Waals surface area contributed by atoms with Gasteiger partial charge in [-0.25, -0.2) is 4.79 Å². The minimum absolute atomic E-state index is 0.0289. The molecule has 2 aliphatic heterocycles. The van der Waals surface area contributed by atoms with Gasteiger partial charge in [0.2, 0.25) is 0 Å². The molecule has 3 atom stereocenters. The van der Waals surface area contributed by atoms with Crippen molar-refractivity contribution in [3.63, 3.8) is 0 Å². The third-order valence-electron chi connectivity index (χ3n) is 3.63. The van der Waals surface area contributed by atoms with Crippen LogP contribution in [-0.2, 0) is 14.3 Å². The van der Waals surface area contributed by atoms with Gasteiger partial charge in [0.05, 0.1) is 18.6 Å². The van der Waals surface area contributed by atoms with Crippen LogP contribution in [0.1, 0.15) is 27.2 Å². The van der Waals surface area contributed by atoms with Gasteiger partial charge in [0.1, 0.15) is 5.60 Å². The predicted octanol–water partition coefficient (Wildman–Crippen LogP) is 1.34. The van der Waals surface area contributed by atoms with E-state index in [4.69, 9.17) is 9.47 Å². The summed E-state index contributed by atoms with van der Waals surface area (Å²) in [6.45, 7) is 6.56. The normalized spacial score (nSPS) is 30.9. The molecule has 6 heteroatoms. The molecule has 6 nitrogen and oxygen atoms in total. The molecule has 0 bridgehead atoms. The first-order chi connectivity index (χ1) is 8.79. The minimum atomic E-state index is -0.844. The molecule has 2 heterocycles. The van der Waals surface area contributed by atoms with Gasteiger partial charge < -0.3 is 19.5 Å². The summed E-state index contributed by atoms with van der Waals surface area (Å²) in [4.78, 5) is 25.0. The summed E-state index contributed by atoms with van der Waals surface area (Å²) < 4.78 is 10.7. The number of carbonyl (C=O) groups excluding carboxylic acids is 1. The molecule has 2 rings (SSSR count). The number of carbonyl (C=O) groups is 2. The molecule has 0 aromatic rings. The van der Waals surface area contributed by atoms with E-state index in [9.17, 15) is 14.7 Å². The average Bonchev–Trinajstić information content (AvgIpc) is 2.66. The van der Waals surface area contributed by atoms with Crippen molar-refractivity contribution in [1.29, 1.82) is 0 Å². The van der Waals surface area contributed by atoms with Crippen LogP contribution in [-0.4, -0.2) is 53.5 Å². The SMILES string of the molecule is CC(C)(C)OC(=O)N1CC(C(=O)O)C2CCOCC21. The van der Waals surface area contributed by atoms with E-state index < -0.39 is 23.6 Å². The van der Waals surface area contributed by atoms with E-state index in [-0.39, 0.29) is 18.5 Å². The van der Waals surface area contributed by atoms with E-state index in [0.29, 0.717) is 19.6 Å². The molecule has 2 aliphatic rings. The molecule has 3 unspecified atom stereocenters. The number of ether oxygens (including phenoxy) is 2. The zero-order valence-corrected chi connectivity index (χ0v) is 11.6. The second kappa shape index (κ2) is 5.00. The molecule has 0 aliphatic carbocycles. The van der Waals surface area contributed by atoms with Crippen LogP contribution in [0.4, 0.5) is 4.79 Å². The summed E-state index contributed by atoms with van der Waals surface area (Å²) >= 11 is 0. The molecular weight excluding hydrogens is 250 g/mol. The topological polar surface area (TPSA) is 76.1 Å². The first kappa shape index (κ1) is 14.1. The molecule has 0 aromatic carbocycles. The number of likely N-dealkylation sites (tertiary alicyclic amines) is 1. The fraction of sp³-hybridized carbons (Fsp3) is 0.846. The van der Waals surface area contributed by atoms with Gasteiger partial charge in [0, 0.05) is 13.2 Å². The highest BCUT2D eigenvalue weighted by atomic mass is 16.6. The Kier molecular flexibility index (Phi) is 3.71. The van der Waals surface area contributed by atoms with Crippen LogP contribution in [0.2, 0.25) is 0 Å². The summed E-state index contributed by atoms with van der Waals surface area (Å²) in [5.41, 5.74) is -0.580. The van der Waals surface area contributed by atoms with E-state index in [2.05, 4.69) is 0 Å². The van der Waals surface area contributed by atoms with Crippen LogP contribution in [0, 0.1) is 11.8 Å². The summed E-state index contributed by atoms with van der Waals surface area (Å²) in [6, 6.07) is -0.176. The van der Waals surface area contributed by atoms with Gasteiger partial charge >= 0.3 is 12.1 Å². The van der Waals surface area contributed by atoms with Gasteiger partial charge in [-0.2, -0.15) is 0 Å². The lowest BCUT2D eigenvalue weighted by Crippen LogP contribution is -2.45. The van der Waals surface area contributed by atoms with Gasteiger partial charge in [-0.15, -0.1) is 0 Å². The zero-order valence-electron chi connectivity index (χ0n) is 11.6. The highest BCUT2D eigenvalue weighted by Crippen LogP contribution is 2.36. The Bertz CT molecular complexity index is 376. The van der Waals surface area contributed by atoms with Crippen molar-refractivity contribution in [2.24, 2.45) is 11.8 Å². The largest absolute Gasteiger partial charge is 0.481 e. The number of hydrogen-bond donors (Lipinski definition) is 1. The number of fused-ring (bicyclic) bond motifs is 1. The Morgan fingerprint density at radius 3 is 2.63 bits per heavy atom. The van der Waals surface area contributed by atoms with Crippen molar-refractivity contribution in [2.75, 3.05) is 19.8 Å². The summed E-state index contributed by atoms with van der Waals surface area (Å²) in [6.07, 6.45) is 0.234. The maximum Gasteiger partial charge on any atom is 0.410 e. The Hall–Kier alpha value is -1.30. The summed E-state index contributed by atoms with van der Waals surface area (Å²) in [7, 11) is 0. The number of hydrogen-bond acceptors (Lipinski definition) is 4. The number of amides is 1. The monoisotopic (exact) mass is 271 g/mol. The van der Waals surface area contributed by atoms with Crippen LogP contribution in [0.5, 0.6) is 0 Å². The van der Waals surface area contributed by atoms with E-state index >= 15 is 0 Å². The molecule has 1 N–H and O–H groups in total. The van der Waals surface area contributed by atoms with Crippen molar-refractivity contribution in [3.8, 4) is 0 Å². The van der Waals surface area contributed by atoms with Gasteiger partial charge in [0.25, 0.3) is 0 Å². The molecule has 0 aromatic heterocycles. The first-order valence-electron chi connectivity index (χ1n) is 6.60. The quantitative estimate of drug-likeness (QED) is 0.779. The molecular formula is C13H21NO5. The molecule has 2 saturated heterocycles. The van der Waals surface area contributed by atoms with Crippen molar-refractivity contribution < 1.29 is 24.2 Å². The van der Waals surface area contributed by atoms with Gasteiger partial charge in [-0.05, 0) is 33.1 Å². The molecule has 108 valence electrons. The van der Waals surface area contributed by atoms with Crippen LogP contribution >= 0.6 is 0 Å². The maximum absolute atomic E-state index is 12.1. The van der Waals surface area contributed by atoms with Gasteiger partial charge in [0.15, 0.2) is 0 Å². The van der Waals surface area contributed by atoms with E-state index in [1.54, 1.807) is 20.8 Å². The number of carboxylic acid groups (broad SMARTS) is 1. The van der Waals surface area contributed by atoms with Crippen molar-refractivity contribution >= 4 is 12.1 Å². The summed E-state index contributed by atoms with van der Waals surface area (Å²) in [5, 5.41) is 9.26. The second-order valence-electron chi connectivity index (χ2n) is 6.17. The van der Waals surface area contributed by atoms with Gasteiger partial charge in [-0.1, -0.05) is 0 Å². The summed E-state index contributed by atoms with van der Waals surface area (Å²) in [5.74, 6) is -1.39. The Morgan fingerprint density at radius 2 is 2.05 bits per heavy atom. The highest BCUT2D eigenvalue weighted by molar-refractivity contribution is 5.75. The number of carboxylic acids is 1. The number of nitrogens with zero attached hydrogens (tertiary/aromatic N) is 1. The Labute approximate surface area is 112 Å². The molecule has 19 heavy (non-hydrogen) atoms. The maximum atomic E-state index is 12.1. The lowest BCUT2D eigenvalue weighted by molar-refractivity contribution is -0.143. The van der Waals surface area contributed by atoms with Crippen LogP contribution in [0.25, 0.3) is 0 Å². The first-order valence-corrected chi connectivity index (χ1v) is 6.60. The molecule has 0 radical (unpaired) electrons. The molecule has 1 amide bonds. The fourth-order valence-electron chi connectivity index (χ4n) is 2.80. The Morgan fingerprint density at radius 1 is 1.37 bits per heavy atom. The van der Waals surface area contributed by atoms with Crippen molar-refractivity contribution in [2.45, 2.75) is 38.8 Å². The molecule has 2 fully saturated rings. The second-order valence-corrected chi connectivity index (χ2v) is 6.17. The lowest BCUT2D eigenvalue weighted by atomic mass is 9.87. The van der Waals surface area contributed by atoms with Crippen molar-refractivity contribution in [1.82, 2.24) is 4.90 Å². The third-order valence-corrected chi connectivity index (χ3v) is 3.63. The number of aliphatic carboxylic acids is 1. The smallest absolute Gasteiger partial charge is 0.410 e. The lowest BCUT2D eigenvalue weighted by Gasteiger charge is -2.33. The third kappa shape index (κ3) is 3.00. The average molecular weight is 271 g/mol. The highest BCUT2D eigenvalue weighted by Gasteiger charge is 2.49. The van der Waals surface area contributed by atoms with Crippen LogP contribution < -0.4 is 0 Å². The fourth-order valence-corrected chi connectivity index (χ4v) is 2.80. The standard InChI is InChI=1S/C13H21NO5/c1-13(2,3)19-12(17)14-6-9(11(15)16)8-4-5-18-7-10(8)14/h8-10H,4-7H2,1-3H3,(H,15,16). The number of rotatable bonds is 1. The predicted molar refractivity (Wildman–Crippen MR) is 66.8 cm³/mol. The van der Waals surface area contributed by atoms with Gasteiger partial charge in [-0.3, -0.25) is 4.79 Å². The minimum Gasteiger partial charge on any atom is -0.481 e. The molecule has 0 saturated carbocycles. The van der Waals surface area contributed by atoms with E-state index in [0.717, 1.165) is 0 Å². The van der Waals surface area contributed by atoms with E-state index in [1.165, 1.54) is 4.90 Å².